The Bertz CT molecular complexity index is 859. The van der Waals surface area contributed by atoms with E-state index in [-0.39, 0.29) is 0 Å². The van der Waals surface area contributed by atoms with Crippen molar-refractivity contribution >= 4 is 40.3 Å². The summed E-state index contributed by atoms with van der Waals surface area (Å²) in [5.74, 6) is 0. The third kappa shape index (κ3) is 4.34. The fourth-order valence-electron chi connectivity index (χ4n) is 2.36. The molecule has 6 heteroatoms. The lowest BCUT2D eigenvalue weighted by atomic mass is 10.2. The zero-order valence-electron chi connectivity index (χ0n) is 13.2. The molecule has 0 saturated carbocycles. The fourth-order valence-corrected chi connectivity index (χ4v) is 2.74. The third-order valence-electron chi connectivity index (χ3n) is 3.52. The minimum atomic E-state index is 0.559. The molecule has 4 nitrogen and oxygen atoms in total. The molecule has 24 heavy (non-hydrogen) atoms. The van der Waals surface area contributed by atoms with Gasteiger partial charge in [-0.05, 0) is 48.5 Å². The molecule has 0 saturated heterocycles. The monoisotopic (exact) mass is 356 g/mol. The SMILES string of the molecule is Cc1ccccc1NC(=S)Nc1cccc(Cn2cc(Cl)cn2)c1. The quantitative estimate of drug-likeness (QED) is 0.665. The summed E-state index contributed by atoms with van der Waals surface area (Å²) in [6.07, 6.45) is 3.43. The highest BCUT2D eigenvalue weighted by Gasteiger charge is 2.03. The van der Waals surface area contributed by atoms with Gasteiger partial charge in [-0.15, -0.1) is 0 Å². The molecule has 1 aromatic heterocycles. The van der Waals surface area contributed by atoms with E-state index in [1.54, 1.807) is 17.1 Å². The van der Waals surface area contributed by atoms with Crippen LogP contribution in [0.3, 0.4) is 0 Å². The van der Waals surface area contributed by atoms with Crippen molar-refractivity contribution in [2.75, 3.05) is 10.6 Å². The maximum absolute atomic E-state index is 5.90. The molecular formula is C18H17ClN4S. The number of nitrogens with one attached hydrogen (secondary N) is 2. The van der Waals surface area contributed by atoms with E-state index in [0.29, 0.717) is 16.7 Å². The molecule has 0 bridgehead atoms. The Hall–Kier alpha value is -2.37. The topological polar surface area (TPSA) is 41.9 Å². The van der Waals surface area contributed by atoms with Crippen molar-refractivity contribution in [3.63, 3.8) is 0 Å². The molecule has 0 spiro atoms. The number of anilines is 2. The first-order valence-corrected chi connectivity index (χ1v) is 8.29. The Morgan fingerprint density at radius 1 is 1.17 bits per heavy atom. The van der Waals surface area contributed by atoms with Crippen LogP contribution in [0.4, 0.5) is 11.4 Å². The number of hydrogen-bond acceptors (Lipinski definition) is 2. The van der Waals surface area contributed by atoms with Gasteiger partial charge in [0.1, 0.15) is 0 Å². The zero-order chi connectivity index (χ0) is 16.9. The molecule has 0 aliphatic rings. The summed E-state index contributed by atoms with van der Waals surface area (Å²) in [4.78, 5) is 0. The number of halogens is 1. The first-order valence-electron chi connectivity index (χ1n) is 7.51. The van der Waals surface area contributed by atoms with Crippen LogP contribution in [0.1, 0.15) is 11.1 Å². The van der Waals surface area contributed by atoms with Crippen LogP contribution in [0.15, 0.2) is 60.9 Å². The van der Waals surface area contributed by atoms with E-state index >= 15 is 0 Å². The van der Waals surface area contributed by atoms with Crippen molar-refractivity contribution in [1.29, 1.82) is 0 Å². The summed E-state index contributed by atoms with van der Waals surface area (Å²) in [5.41, 5.74) is 4.18. The molecule has 0 aliphatic carbocycles. The van der Waals surface area contributed by atoms with Gasteiger partial charge in [0.25, 0.3) is 0 Å². The standard InChI is InChI=1S/C18H17ClN4S/c1-13-5-2-3-8-17(13)22-18(24)21-16-7-4-6-14(9-16)11-23-12-15(19)10-20-23/h2-10,12H,11H2,1H3,(H2,21,22,24). The highest BCUT2D eigenvalue weighted by Crippen LogP contribution is 2.16. The molecule has 0 radical (unpaired) electrons. The van der Waals surface area contributed by atoms with Gasteiger partial charge in [0.05, 0.1) is 17.8 Å². The molecular weight excluding hydrogens is 340 g/mol. The number of thiocarbonyl (C=S) groups is 1. The normalized spacial score (nSPS) is 10.4. The summed E-state index contributed by atoms with van der Waals surface area (Å²) >= 11 is 11.3. The molecule has 0 amide bonds. The smallest absolute Gasteiger partial charge is 0.175 e. The van der Waals surface area contributed by atoms with Crippen LogP contribution in [-0.2, 0) is 6.54 Å². The van der Waals surface area contributed by atoms with Crippen molar-refractivity contribution in [2.24, 2.45) is 0 Å². The molecule has 0 aliphatic heterocycles. The van der Waals surface area contributed by atoms with Gasteiger partial charge < -0.3 is 10.6 Å². The van der Waals surface area contributed by atoms with E-state index < -0.39 is 0 Å². The number of para-hydroxylation sites is 1. The lowest BCUT2D eigenvalue weighted by molar-refractivity contribution is 0.687. The van der Waals surface area contributed by atoms with E-state index in [2.05, 4.69) is 15.7 Å². The second-order valence-electron chi connectivity index (χ2n) is 5.45. The Morgan fingerprint density at radius 2 is 2.00 bits per heavy atom. The van der Waals surface area contributed by atoms with Crippen LogP contribution >= 0.6 is 23.8 Å². The van der Waals surface area contributed by atoms with Crippen molar-refractivity contribution in [3.05, 3.63) is 77.1 Å². The summed E-state index contributed by atoms with van der Waals surface area (Å²) in [6, 6.07) is 16.1. The number of hydrogen-bond donors (Lipinski definition) is 2. The highest BCUT2D eigenvalue weighted by atomic mass is 35.5. The minimum Gasteiger partial charge on any atom is -0.332 e. The highest BCUT2D eigenvalue weighted by molar-refractivity contribution is 7.80. The minimum absolute atomic E-state index is 0.559. The van der Waals surface area contributed by atoms with Gasteiger partial charge in [-0.3, -0.25) is 4.68 Å². The summed E-state index contributed by atoms with van der Waals surface area (Å²) in [6.45, 7) is 2.70. The van der Waals surface area contributed by atoms with Crippen LogP contribution in [0.2, 0.25) is 5.02 Å². The number of aryl methyl sites for hydroxylation is 1. The van der Waals surface area contributed by atoms with Gasteiger partial charge in [-0.1, -0.05) is 41.9 Å². The molecule has 0 unspecified atom stereocenters. The van der Waals surface area contributed by atoms with Crippen LogP contribution in [-0.4, -0.2) is 14.9 Å². The Balaban J connectivity index is 1.66. The summed E-state index contributed by atoms with van der Waals surface area (Å²) in [5, 5.41) is 11.8. The fraction of sp³-hybridized carbons (Fsp3) is 0.111. The summed E-state index contributed by atoms with van der Waals surface area (Å²) < 4.78 is 1.80. The number of benzene rings is 2. The second kappa shape index (κ2) is 7.47. The van der Waals surface area contributed by atoms with E-state index in [1.807, 2.05) is 55.5 Å². The first-order chi connectivity index (χ1) is 11.6. The Kier molecular flexibility index (Phi) is 5.13. The van der Waals surface area contributed by atoms with E-state index in [9.17, 15) is 0 Å². The average molecular weight is 357 g/mol. The predicted molar refractivity (Wildman–Crippen MR) is 104 cm³/mol. The number of rotatable bonds is 4. The Labute approximate surface area is 151 Å². The molecule has 3 rings (SSSR count). The Morgan fingerprint density at radius 3 is 2.75 bits per heavy atom. The van der Waals surface area contributed by atoms with Gasteiger partial charge in [0.2, 0.25) is 0 Å². The predicted octanol–water partition coefficient (Wildman–Crippen LogP) is 4.70. The molecule has 3 aromatic rings. The molecule has 2 N–H and O–H groups in total. The number of nitrogens with zero attached hydrogens (tertiary/aromatic N) is 2. The molecule has 0 atom stereocenters. The largest absolute Gasteiger partial charge is 0.332 e. The van der Waals surface area contributed by atoms with Crippen molar-refractivity contribution in [2.45, 2.75) is 13.5 Å². The lowest BCUT2D eigenvalue weighted by Crippen LogP contribution is -2.19. The van der Waals surface area contributed by atoms with Gasteiger partial charge in [0.15, 0.2) is 5.11 Å². The third-order valence-corrected chi connectivity index (χ3v) is 3.92. The average Bonchev–Trinajstić information content (AvgIpc) is 2.95. The molecule has 1 heterocycles. The van der Waals surface area contributed by atoms with Crippen LogP contribution in [0.5, 0.6) is 0 Å². The molecule has 0 fully saturated rings. The van der Waals surface area contributed by atoms with Crippen LogP contribution in [0.25, 0.3) is 0 Å². The van der Waals surface area contributed by atoms with E-state index in [1.165, 1.54) is 0 Å². The van der Waals surface area contributed by atoms with E-state index in [4.69, 9.17) is 23.8 Å². The van der Waals surface area contributed by atoms with Crippen LogP contribution in [0, 0.1) is 6.92 Å². The van der Waals surface area contributed by atoms with Crippen molar-refractivity contribution < 1.29 is 0 Å². The number of aromatic nitrogens is 2. The molecule has 2 aromatic carbocycles. The van der Waals surface area contributed by atoms with Gasteiger partial charge >= 0.3 is 0 Å². The van der Waals surface area contributed by atoms with Crippen molar-refractivity contribution in [3.8, 4) is 0 Å². The maximum Gasteiger partial charge on any atom is 0.175 e. The van der Waals surface area contributed by atoms with Gasteiger partial charge in [-0.25, -0.2) is 0 Å². The van der Waals surface area contributed by atoms with Crippen LogP contribution < -0.4 is 10.6 Å². The van der Waals surface area contributed by atoms with Crippen molar-refractivity contribution in [1.82, 2.24) is 9.78 Å². The lowest BCUT2D eigenvalue weighted by Gasteiger charge is -2.13. The van der Waals surface area contributed by atoms with Gasteiger partial charge in [0, 0.05) is 17.6 Å². The molecule has 122 valence electrons. The first kappa shape index (κ1) is 16.5. The van der Waals surface area contributed by atoms with E-state index in [0.717, 1.165) is 22.5 Å². The maximum atomic E-state index is 5.90. The zero-order valence-corrected chi connectivity index (χ0v) is 14.7. The van der Waals surface area contributed by atoms with Gasteiger partial charge in [-0.2, -0.15) is 5.10 Å². The summed E-state index contributed by atoms with van der Waals surface area (Å²) in [7, 11) is 0. The second-order valence-corrected chi connectivity index (χ2v) is 6.30.